The Morgan fingerprint density at radius 3 is 1.13 bits per heavy atom. The first-order valence-corrected chi connectivity index (χ1v) is 22.0. The second-order valence-corrected chi connectivity index (χ2v) is 17.9. The van der Waals surface area contributed by atoms with E-state index in [0.29, 0.717) is 0 Å². The minimum absolute atomic E-state index is 1.23. The van der Waals surface area contributed by atoms with Crippen molar-refractivity contribution in [3.8, 4) is 44.5 Å². The molecule has 0 aliphatic heterocycles. The van der Waals surface area contributed by atoms with E-state index < -0.39 is 0 Å². The number of hydrogen-bond acceptors (Lipinski definition) is 1. The van der Waals surface area contributed by atoms with Gasteiger partial charge in [0.2, 0.25) is 0 Å². The van der Waals surface area contributed by atoms with Crippen molar-refractivity contribution in [2.45, 2.75) is 0 Å². The monoisotopic (exact) mass is 786 g/mol. The van der Waals surface area contributed by atoms with E-state index in [2.05, 4.69) is 206 Å². The fourth-order valence-electron chi connectivity index (χ4n) is 10.5. The topological polar surface area (TPSA) is 0 Å². The number of benzene rings is 13. The first-order valence-electron chi connectivity index (χ1n) is 21.1. The molecule has 280 valence electrons. The van der Waals surface area contributed by atoms with E-state index in [1.807, 2.05) is 11.3 Å². The molecule has 0 aliphatic carbocycles. The summed E-state index contributed by atoms with van der Waals surface area (Å²) in [6.45, 7) is 0. The van der Waals surface area contributed by atoms with Crippen LogP contribution >= 0.6 is 11.3 Å². The molecule has 0 atom stereocenters. The van der Waals surface area contributed by atoms with Crippen LogP contribution in [0.15, 0.2) is 206 Å². The van der Waals surface area contributed by atoms with Crippen molar-refractivity contribution in [2.24, 2.45) is 0 Å². The average molecular weight is 787 g/mol. The zero-order valence-corrected chi connectivity index (χ0v) is 33.9. The zero-order valence-electron chi connectivity index (χ0n) is 33.0. The molecule has 0 spiro atoms. The van der Waals surface area contributed by atoms with E-state index in [4.69, 9.17) is 0 Å². The maximum Gasteiger partial charge on any atom is 0.0355 e. The molecule has 0 radical (unpaired) electrons. The number of thiophene rings is 1. The van der Waals surface area contributed by atoms with Gasteiger partial charge in [-0.25, -0.2) is 0 Å². The van der Waals surface area contributed by atoms with Crippen LogP contribution < -0.4 is 0 Å². The van der Waals surface area contributed by atoms with Crippen molar-refractivity contribution in [1.29, 1.82) is 0 Å². The molecule has 1 heteroatoms. The summed E-state index contributed by atoms with van der Waals surface area (Å²) in [6, 6.07) is 77.6. The molecule has 0 saturated carbocycles. The second-order valence-electron chi connectivity index (χ2n) is 16.8. The smallest absolute Gasteiger partial charge is 0.0355 e. The third-order valence-corrected chi connectivity index (χ3v) is 14.7. The Hall–Kier alpha value is -7.58. The van der Waals surface area contributed by atoms with Crippen LogP contribution in [0.5, 0.6) is 0 Å². The van der Waals surface area contributed by atoms with Gasteiger partial charge in [-0.1, -0.05) is 170 Å². The number of fused-ring (bicyclic) bond motifs is 4. The minimum Gasteiger partial charge on any atom is -0.135 e. The van der Waals surface area contributed by atoms with Crippen molar-refractivity contribution in [1.82, 2.24) is 0 Å². The van der Waals surface area contributed by atoms with Crippen LogP contribution in [0.25, 0.3) is 140 Å². The summed E-state index contributed by atoms with van der Waals surface area (Å²) in [4.78, 5) is 0. The lowest BCUT2D eigenvalue weighted by molar-refractivity contribution is 1.63. The third-order valence-electron chi connectivity index (χ3n) is 13.5. The molecule has 1 aromatic heterocycles. The molecule has 1 heterocycles. The molecular formula is C60H34S. The highest BCUT2D eigenvalue weighted by Crippen LogP contribution is 2.43. The average Bonchev–Trinajstić information content (AvgIpc) is 3.69. The van der Waals surface area contributed by atoms with Crippen molar-refractivity contribution < 1.29 is 0 Å². The molecule has 0 bridgehead atoms. The van der Waals surface area contributed by atoms with Gasteiger partial charge in [-0.15, -0.1) is 11.3 Å². The van der Waals surface area contributed by atoms with E-state index in [1.54, 1.807) is 0 Å². The lowest BCUT2D eigenvalue weighted by Gasteiger charge is -2.14. The SMILES string of the molecule is c1cc2ccc3ccc(-c4ccc(-c5ccc6sc7ccc(-c8ccc9cc(-c%10ccc%11ccc%12cccc%13ccc%10c%11c%12%13)ccc9c8)cc7c6c5)cc4)c4ccc(c1)c2c34. The number of rotatable bonds is 4. The quantitative estimate of drug-likeness (QED) is 0.156. The Bertz CT molecular complexity index is 4060. The first-order chi connectivity index (χ1) is 30.2. The Morgan fingerprint density at radius 2 is 0.574 bits per heavy atom. The highest BCUT2D eigenvalue weighted by atomic mass is 32.1. The second kappa shape index (κ2) is 12.5. The molecule has 13 aromatic carbocycles. The van der Waals surface area contributed by atoms with E-state index in [0.717, 1.165) is 0 Å². The molecule has 0 amide bonds. The van der Waals surface area contributed by atoms with E-state index >= 15 is 0 Å². The van der Waals surface area contributed by atoms with Gasteiger partial charge in [-0.05, 0) is 156 Å². The van der Waals surface area contributed by atoms with Gasteiger partial charge in [0.05, 0.1) is 0 Å². The highest BCUT2D eigenvalue weighted by molar-refractivity contribution is 7.25. The molecular weight excluding hydrogens is 753 g/mol. The summed E-state index contributed by atoms with van der Waals surface area (Å²) in [5.74, 6) is 0. The predicted molar refractivity (Wildman–Crippen MR) is 266 cm³/mol. The minimum atomic E-state index is 1.23. The van der Waals surface area contributed by atoms with Gasteiger partial charge in [-0.2, -0.15) is 0 Å². The fraction of sp³-hybridized carbons (Fsp3) is 0. The number of hydrogen-bond donors (Lipinski definition) is 0. The molecule has 0 N–H and O–H groups in total. The van der Waals surface area contributed by atoms with Crippen molar-refractivity contribution in [3.05, 3.63) is 206 Å². The van der Waals surface area contributed by atoms with Crippen molar-refractivity contribution in [3.63, 3.8) is 0 Å². The molecule has 0 fully saturated rings. The Kier molecular flexibility index (Phi) is 6.80. The molecule has 0 nitrogen and oxygen atoms in total. The largest absolute Gasteiger partial charge is 0.135 e. The summed E-state index contributed by atoms with van der Waals surface area (Å²) in [5, 5.41) is 21.0. The molecule has 14 rings (SSSR count). The zero-order chi connectivity index (χ0) is 39.8. The maximum absolute atomic E-state index is 2.40. The van der Waals surface area contributed by atoms with Crippen LogP contribution in [0.1, 0.15) is 0 Å². The highest BCUT2D eigenvalue weighted by Gasteiger charge is 2.15. The fourth-order valence-corrected chi connectivity index (χ4v) is 11.6. The Labute approximate surface area is 355 Å². The summed E-state index contributed by atoms with van der Waals surface area (Å²) >= 11 is 1.88. The summed E-state index contributed by atoms with van der Waals surface area (Å²) < 4.78 is 2.64. The summed E-state index contributed by atoms with van der Waals surface area (Å²) in [7, 11) is 0. The molecule has 0 unspecified atom stereocenters. The van der Waals surface area contributed by atoms with Crippen LogP contribution in [-0.4, -0.2) is 0 Å². The van der Waals surface area contributed by atoms with Gasteiger partial charge < -0.3 is 0 Å². The molecule has 0 aliphatic rings. The van der Waals surface area contributed by atoms with Gasteiger partial charge in [0.25, 0.3) is 0 Å². The van der Waals surface area contributed by atoms with Gasteiger partial charge in [0.15, 0.2) is 0 Å². The van der Waals surface area contributed by atoms with Crippen molar-refractivity contribution >= 4 is 107 Å². The van der Waals surface area contributed by atoms with Gasteiger partial charge in [-0.3, -0.25) is 0 Å². The summed E-state index contributed by atoms with van der Waals surface area (Å²) in [6.07, 6.45) is 0. The standard InChI is InChI=1S/C60H34S/c1-3-37-11-13-41-19-25-49(51-27-21-39(5-1)57(37)59(41)51)36-9-7-35(8-10-36)46-23-29-55-53(33-46)54-34-47(24-30-56(54)61-55)44-15-16-45-32-48(18-17-43(45)31-44)50-26-20-42-14-12-38-4-2-6-40-22-28-52(50)60(42)58(38)40/h1-34H. The Balaban J connectivity index is 0.804. The maximum atomic E-state index is 2.40. The van der Waals surface area contributed by atoms with E-state index in [9.17, 15) is 0 Å². The van der Waals surface area contributed by atoms with Crippen LogP contribution in [0.2, 0.25) is 0 Å². The van der Waals surface area contributed by atoms with Crippen molar-refractivity contribution in [2.75, 3.05) is 0 Å². The Morgan fingerprint density at radius 1 is 0.213 bits per heavy atom. The third kappa shape index (κ3) is 4.93. The van der Waals surface area contributed by atoms with Gasteiger partial charge in [0, 0.05) is 20.2 Å². The van der Waals surface area contributed by atoms with E-state index in [-0.39, 0.29) is 0 Å². The van der Waals surface area contributed by atoms with E-state index in [1.165, 1.54) is 140 Å². The lowest BCUT2D eigenvalue weighted by Crippen LogP contribution is -1.87. The lowest BCUT2D eigenvalue weighted by atomic mass is 9.89. The van der Waals surface area contributed by atoms with Crippen LogP contribution in [0.4, 0.5) is 0 Å². The summed E-state index contributed by atoms with van der Waals surface area (Å²) in [5.41, 5.74) is 10.0. The molecule has 0 saturated heterocycles. The van der Waals surface area contributed by atoms with Crippen LogP contribution in [-0.2, 0) is 0 Å². The van der Waals surface area contributed by atoms with Crippen LogP contribution in [0.3, 0.4) is 0 Å². The first kappa shape index (κ1) is 33.3. The molecule has 61 heavy (non-hydrogen) atoms. The van der Waals surface area contributed by atoms with Crippen LogP contribution in [0, 0.1) is 0 Å². The van der Waals surface area contributed by atoms with Gasteiger partial charge >= 0.3 is 0 Å². The normalized spacial score (nSPS) is 12.3. The van der Waals surface area contributed by atoms with Gasteiger partial charge in [0.1, 0.15) is 0 Å². The molecule has 14 aromatic rings. The predicted octanol–water partition coefficient (Wildman–Crippen LogP) is 17.7.